The third-order valence-electron chi connectivity index (χ3n) is 4.54. The first kappa shape index (κ1) is 18.8. The lowest BCUT2D eigenvalue weighted by molar-refractivity contribution is -0.139. The second-order valence-electron chi connectivity index (χ2n) is 6.97. The summed E-state index contributed by atoms with van der Waals surface area (Å²) in [6, 6.07) is 10.0. The van der Waals surface area contributed by atoms with Crippen molar-refractivity contribution in [2.75, 3.05) is 26.2 Å². The number of piperazine rings is 1. The largest absolute Gasteiger partial charge is 0.339 e. The Labute approximate surface area is 159 Å². The molecule has 3 rings (SSSR count). The molecule has 1 aliphatic rings. The highest BCUT2D eigenvalue weighted by molar-refractivity contribution is 5.91. The van der Waals surface area contributed by atoms with Gasteiger partial charge in [-0.1, -0.05) is 49.4 Å². The van der Waals surface area contributed by atoms with Crippen LogP contribution >= 0.6 is 0 Å². The molecule has 142 valence electrons. The van der Waals surface area contributed by atoms with Crippen LogP contribution in [0.3, 0.4) is 0 Å². The summed E-state index contributed by atoms with van der Waals surface area (Å²) in [5, 5.41) is 8.18. The summed E-state index contributed by atoms with van der Waals surface area (Å²) in [4.78, 5) is 28.0. The Morgan fingerprint density at radius 3 is 2.41 bits per heavy atom. The lowest BCUT2D eigenvalue weighted by atomic mass is 10.1. The average molecular weight is 367 g/mol. The van der Waals surface area contributed by atoms with E-state index in [1.807, 2.05) is 55.3 Å². The van der Waals surface area contributed by atoms with Crippen LogP contribution in [-0.4, -0.2) is 62.8 Å². The first-order valence-corrected chi connectivity index (χ1v) is 9.23. The van der Waals surface area contributed by atoms with Crippen LogP contribution in [0.4, 0.5) is 0 Å². The van der Waals surface area contributed by atoms with Crippen molar-refractivity contribution in [2.24, 2.45) is 5.92 Å². The molecule has 1 aromatic carbocycles. The molecule has 0 atom stereocenters. The molecular formula is C20H25N5O2. The van der Waals surface area contributed by atoms with Crippen molar-refractivity contribution in [3.05, 3.63) is 53.9 Å². The lowest BCUT2D eigenvalue weighted by Gasteiger charge is -2.35. The van der Waals surface area contributed by atoms with Gasteiger partial charge in [0.15, 0.2) is 0 Å². The molecule has 2 amide bonds. The van der Waals surface area contributed by atoms with Gasteiger partial charge in [0.05, 0.1) is 12.7 Å². The van der Waals surface area contributed by atoms with Gasteiger partial charge in [-0.2, -0.15) is 0 Å². The number of benzene rings is 1. The van der Waals surface area contributed by atoms with E-state index in [9.17, 15) is 9.59 Å². The fourth-order valence-corrected chi connectivity index (χ4v) is 3.01. The van der Waals surface area contributed by atoms with Crippen LogP contribution in [0.5, 0.6) is 0 Å². The van der Waals surface area contributed by atoms with Crippen LogP contribution in [0.25, 0.3) is 6.08 Å². The third kappa shape index (κ3) is 5.03. The minimum absolute atomic E-state index is 0.00866. The average Bonchev–Trinajstić information content (AvgIpc) is 3.13. The predicted octanol–water partition coefficient (Wildman–Crippen LogP) is 1.67. The second-order valence-corrected chi connectivity index (χ2v) is 6.97. The van der Waals surface area contributed by atoms with Gasteiger partial charge in [0.1, 0.15) is 5.69 Å². The molecule has 1 fully saturated rings. The van der Waals surface area contributed by atoms with Gasteiger partial charge >= 0.3 is 0 Å². The van der Waals surface area contributed by atoms with Gasteiger partial charge in [0.2, 0.25) is 11.8 Å². The quantitative estimate of drug-likeness (QED) is 0.754. The van der Waals surface area contributed by atoms with E-state index in [1.165, 1.54) is 6.08 Å². The maximum Gasteiger partial charge on any atom is 0.246 e. The van der Waals surface area contributed by atoms with Gasteiger partial charge in [0, 0.05) is 38.2 Å². The Morgan fingerprint density at radius 2 is 1.74 bits per heavy atom. The molecule has 1 aromatic heterocycles. The number of amides is 2. The molecule has 0 N–H and O–H groups in total. The fraction of sp³-hybridized carbons (Fsp3) is 0.400. The first-order chi connectivity index (χ1) is 13.0. The van der Waals surface area contributed by atoms with Gasteiger partial charge < -0.3 is 9.80 Å². The number of hydrogen-bond acceptors (Lipinski definition) is 4. The van der Waals surface area contributed by atoms with E-state index < -0.39 is 0 Å². The van der Waals surface area contributed by atoms with Gasteiger partial charge in [-0.25, -0.2) is 4.68 Å². The summed E-state index contributed by atoms with van der Waals surface area (Å²) in [5.41, 5.74) is 1.79. The summed E-state index contributed by atoms with van der Waals surface area (Å²) < 4.78 is 1.75. The zero-order valence-corrected chi connectivity index (χ0v) is 15.8. The van der Waals surface area contributed by atoms with Crippen LogP contribution in [0.1, 0.15) is 25.1 Å². The minimum Gasteiger partial charge on any atom is -0.339 e. The number of aromatic nitrogens is 3. The van der Waals surface area contributed by atoms with Gasteiger partial charge in [-0.3, -0.25) is 9.59 Å². The lowest BCUT2D eigenvalue weighted by Crippen LogP contribution is -2.51. The van der Waals surface area contributed by atoms with Gasteiger partial charge in [0.25, 0.3) is 0 Å². The topological polar surface area (TPSA) is 71.3 Å². The zero-order valence-electron chi connectivity index (χ0n) is 15.8. The molecule has 0 bridgehead atoms. The smallest absolute Gasteiger partial charge is 0.246 e. The molecule has 1 aliphatic heterocycles. The molecule has 0 radical (unpaired) electrons. The fourth-order valence-electron chi connectivity index (χ4n) is 3.01. The van der Waals surface area contributed by atoms with E-state index in [2.05, 4.69) is 10.3 Å². The molecule has 7 heteroatoms. The third-order valence-corrected chi connectivity index (χ3v) is 4.54. The van der Waals surface area contributed by atoms with Crippen molar-refractivity contribution < 1.29 is 9.59 Å². The zero-order chi connectivity index (χ0) is 19.2. The molecule has 0 aliphatic carbocycles. The molecule has 2 heterocycles. The number of carbonyl (C=O) groups excluding carboxylic acids is 2. The van der Waals surface area contributed by atoms with Crippen LogP contribution in [0.15, 0.2) is 42.6 Å². The monoisotopic (exact) mass is 367 g/mol. The number of nitrogens with zero attached hydrogens (tertiary/aromatic N) is 5. The molecule has 2 aromatic rings. The summed E-state index contributed by atoms with van der Waals surface area (Å²) in [6.07, 6.45) is 5.02. The van der Waals surface area contributed by atoms with E-state index in [4.69, 9.17) is 0 Å². The van der Waals surface area contributed by atoms with E-state index in [1.54, 1.807) is 15.7 Å². The van der Waals surface area contributed by atoms with Crippen LogP contribution < -0.4 is 0 Å². The molecule has 0 spiro atoms. The normalized spacial score (nSPS) is 14.9. The highest BCUT2D eigenvalue weighted by atomic mass is 16.2. The maximum absolute atomic E-state index is 12.4. The Kier molecular flexibility index (Phi) is 6.01. The van der Waals surface area contributed by atoms with Gasteiger partial charge in [-0.15, -0.1) is 5.10 Å². The van der Waals surface area contributed by atoms with E-state index in [0.717, 1.165) is 5.56 Å². The Bertz CT molecular complexity index is 805. The van der Waals surface area contributed by atoms with E-state index in [-0.39, 0.29) is 17.7 Å². The maximum atomic E-state index is 12.4. The highest BCUT2D eigenvalue weighted by Crippen LogP contribution is 2.08. The summed E-state index contributed by atoms with van der Waals surface area (Å²) in [5.74, 6) is 0.0718. The van der Waals surface area contributed by atoms with Crippen molar-refractivity contribution in [3.63, 3.8) is 0 Å². The van der Waals surface area contributed by atoms with Crippen molar-refractivity contribution in [3.8, 4) is 0 Å². The highest BCUT2D eigenvalue weighted by Gasteiger charge is 2.24. The van der Waals surface area contributed by atoms with Crippen molar-refractivity contribution in [1.82, 2.24) is 24.8 Å². The Hall–Kier alpha value is -2.96. The van der Waals surface area contributed by atoms with Crippen molar-refractivity contribution in [1.29, 1.82) is 0 Å². The van der Waals surface area contributed by atoms with Crippen LogP contribution in [0.2, 0.25) is 0 Å². The van der Waals surface area contributed by atoms with E-state index in [0.29, 0.717) is 38.4 Å². The SMILES string of the molecule is CC(C)C(=O)N1CCN(C(=O)/C=C/c2cn(Cc3ccccc3)nn2)CC1. The van der Waals surface area contributed by atoms with Crippen LogP contribution in [-0.2, 0) is 16.1 Å². The van der Waals surface area contributed by atoms with Crippen molar-refractivity contribution >= 4 is 17.9 Å². The first-order valence-electron chi connectivity index (χ1n) is 9.23. The molecule has 0 saturated carbocycles. The van der Waals surface area contributed by atoms with E-state index >= 15 is 0 Å². The Morgan fingerprint density at radius 1 is 1.07 bits per heavy atom. The predicted molar refractivity (Wildman–Crippen MR) is 103 cm³/mol. The van der Waals surface area contributed by atoms with Crippen LogP contribution in [0, 0.1) is 5.92 Å². The Balaban J connectivity index is 1.51. The number of carbonyl (C=O) groups is 2. The summed E-state index contributed by atoms with van der Waals surface area (Å²) in [6.45, 7) is 6.72. The van der Waals surface area contributed by atoms with Gasteiger partial charge in [-0.05, 0) is 11.6 Å². The number of hydrogen-bond donors (Lipinski definition) is 0. The number of rotatable bonds is 5. The molecule has 7 nitrogen and oxygen atoms in total. The molecular weight excluding hydrogens is 342 g/mol. The second kappa shape index (κ2) is 8.62. The molecule has 1 saturated heterocycles. The standard InChI is InChI=1S/C20H25N5O2/c1-16(2)20(27)24-12-10-23(11-13-24)19(26)9-8-18-15-25(22-21-18)14-17-6-4-3-5-7-17/h3-9,15-16H,10-14H2,1-2H3/b9-8+. The summed E-state index contributed by atoms with van der Waals surface area (Å²) >= 11 is 0. The summed E-state index contributed by atoms with van der Waals surface area (Å²) in [7, 11) is 0. The molecule has 0 unspecified atom stereocenters. The van der Waals surface area contributed by atoms with Crippen molar-refractivity contribution in [2.45, 2.75) is 20.4 Å². The minimum atomic E-state index is -0.0655. The molecule has 27 heavy (non-hydrogen) atoms.